The van der Waals surface area contributed by atoms with Crippen molar-refractivity contribution in [2.75, 3.05) is 6.54 Å². The molecule has 1 unspecified atom stereocenters. The van der Waals surface area contributed by atoms with Crippen molar-refractivity contribution < 1.29 is 26.4 Å². The van der Waals surface area contributed by atoms with E-state index in [4.69, 9.17) is 0 Å². The van der Waals surface area contributed by atoms with E-state index in [9.17, 15) is 26.4 Å². The molecule has 12 heteroatoms. The van der Waals surface area contributed by atoms with Crippen LogP contribution in [-0.2, 0) is 28.0 Å². The highest BCUT2D eigenvalue weighted by Crippen LogP contribution is 2.33. The van der Waals surface area contributed by atoms with Crippen LogP contribution in [0.4, 0.5) is 13.2 Å². The van der Waals surface area contributed by atoms with Gasteiger partial charge in [-0.15, -0.1) is 6.58 Å². The normalized spacial score (nSPS) is 15.5. The number of fused-ring (bicyclic) bond motifs is 1. The van der Waals surface area contributed by atoms with E-state index in [2.05, 4.69) is 17.0 Å². The van der Waals surface area contributed by atoms with Gasteiger partial charge in [0.05, 0.1) is 16.8 Å². The number of benzene rings is 1. The van der Waals surface area contributed by atoms with E-state index in [0.717, 1.165) is 31.1 Å². The molecular formula is C24H26F3N5O3S. The molecule has 4 rings (SSSR count). The fourth-order valence-electron chi connectivity index (χ4n) is 3.95. The first-order valence-electron chi connectivity index (χ1n) is 11.2. The van der Waals surface area contributed by atoms with Crippen molar-refractivity contribution in [3.05, 3.63) is 66.0 Å². The van der Waals surface area contributed by atoms with Gasteiger partial charge in [-0.05, 0) is 56.5 Å². The first-order chi connectivity index (χ1) is 16.9. The maximum atomic E-state index is 13.3. The van der Waals surface area contributed by atoms with Crippen LogP contribution in [0.3, 0.4) is 0 Å². The Morgan fingerprint density at radius 3 is 2.67 bits per heavy atom. The van der Waals surface area contributed by atoms with E-state index < -0.39 is 33.0 Å². The van der Waals surface area contributed by atoms with Gasteiger partial charge in [0.15, 0.2) is 0 Å². The number of carbonyl (C=O) groups excluding carboxylic acids is 1. The number of halogens is 3. The zero-order valence-corrected chi connectivity index (χ0v) is 20.5. The van der Waals surface area contributed by atoms with Crippen LogP contribution in [0, 0.1) is 12.8 Å². The number of nitrogens with one attached hydrogen (secondary N) is 2. The highest BCUT2D eigenvalue weighted by atomic mass is 32.2. The molecule has 1 fully saturated rings. The molecule has 0 saturated heterocycles. The molecule has 2 N–H and O–H groups in total. The molecule has 1 amide bonds. The SMILES string of the molecule is C=CC(NCC1CC1)S(=O)(=O)NC(=O)/C=C/c1c(C)nn(C)c1-n1ccc2ccc(C(F)(F)F)cc21. The van der Waals surface area contributed by atoms with Crippen LogP contribution >= 0.6 is 0 Å². The molecule has 1 aliphatic rings. The topological polar surface area (TPSA) is 98.0 Å². The lowest BCUT2D eigenvalue weighted by atomic mass is 10.1. The summed E-state index contributed by atoms with van der Waals surface area (Å²) in [7, 11) is -2.43. The molecule has 2 aromatic heterocycles. The van der Waals surface area contributed by atoms with Crippen LogP contribution in [0.5, 0.6) is 0 Å². The molecular weight excluding hydrogens is 495 g/mol. The third-order valence-corrected chi connectivity index (χ3v) is 7.50. The Kier molecular flexibility index (Phi) is 6.84. The van der Waals surface area contributed by atoms with Gasteiger partial charge in [0.2, 0.25) is 0 Å². The molecule has 1 atom stereocenters. The van der Waals surface area contributed by atoms with Gasteiger partial charge in [-0.2, -0.15) is 18.3 Å². The average molecular weight is 522 g/mol. The summed E-state index contributed by atoms with van der Waals surface area (Å²) in [4.78, 5) is 12.5. The number of alkyl halides is 3. The Bertz CT molecular complexity index is 1450. The number of aromatic nitrogens is 3. The van der Waals surface area contributed by atoms with Crippen molar-refractivity contribution in [2.24, 2.45) is 13.0 Å². The Morgan fingerprint density at radius 2 is 2.03 bits per heavy atom. The lowest BCUT2D eigenvalue weighted by molar-refractivity contribution is -0.137. The van der Waals surface area contributed by atoms with E-state index in [1.807, 2.05) is 4.72 Å². The largest absolute Gasteiger partial charge is 0.416 e. The van der Waals surface area contributed by atoms with Gasteiger partial charge in [0, 0.05) is 30.3 Å². The molecule has 36 heavy (non-hydrogen) atoms. The first-order valence-corrected chi connectivity index (χ1v) is 12.8. The smallest absolute Gasteiger partial charge is 0.301 e. The zero-order chi connectivity index (χ0) is 26.3. The average Bonchev–Trinajstić information content (AvgIpc) is 3.45. The van der Waals surface area contributed by atoms with E-state index in [1.165, 1.54) is 22.9 Å². The number of sulfonamides is 1. The third-order valence-electron chi connectivity index (χ3n) is 5.98. The number of aryl methyl sites for hydroxylation is 2. The number of nitrogens with zero attached hydrogens (tertiary/aromatic N) is 3. The fraction of sp³-hybridized carbons (Fsp3) is 0.333. The highest BCUT2D eigenvalue weighted by molar-refractivity contribution is 7.90. The molecule has 1 aromatic carbocycles. The maximum Gasteiger partial charge on any atom is 0.416 e. The number of rotatable bonds is 9. The van der Waals surface area contributed by atoms with Gasteiger partial charge in [-0.25, -0.2) is 13.1 Å². The predicted molar refractivity (Wildman–Crippen MR) is 131 cm³/mol. The Labute approximate surface area is 206 Å². The standard InChI is InChI=1S/C24H26F3N5O3S/c1-4-22(28-14-16-5-6-16)36(34,35)30-21(33)10-9-19-15(2)29-31(3)23(19)32-12-11-17-7-8-18(13-20(17)32)24(25,26)27/h4,7-13,16,22,28H,1,5-6,14H2,2-3H3,(H,30,33)/b10-9+. The summed E-state index contributed by atoms with van der Waals surface area (Å²) < 4.78 is 70.1. The Balaban J connectivity index is 1.61. The van der Waals surface area contributed by atoms with Crippen molar-refractivity contribution in [3.8, 4) is 5.82 Å². The molecule has 0 aliphatic heterocycles. The van der Waals surface area contributed by atoms with Gasteiger partial charge in [0.1, 0.15) is 11.2 Å². The molecule has 0 bridgehead atoms. The molecule has 2 heterocycles. The number of amides is 1. The van der Waals surface area contributed by atoms with Gasteiger partial charge in [-0.1, -0.05) is 12.1 Å². The molecule has 0 radical (unpaired) electrons. The molecule has 1 aliphatic carbocycles. The molecule has 0 spiro atoms. The van der Waals surface area contributed by atoms with Crippen molar-refractivity contribution in [3.63, 3.8) is 0 Å². The minimum atomic E-state index is -4.51. The van der Waals surface area contributed by atoms with E-state index in [1.54, 1.807) is 30.8 Å². The van der Waals surface area contributed by atoms with E-state index in [-0.39, 0.29) is 0 Å². The van der Waals surface area contributed by atoms with Crippen LogP contribution in [0.2, 0.25) is 0 Å². The van der Waals surface area contributed by atoms with Crippen LogP contribution in [0.15, 0.2) is 49.2 Å². The summed E-state index contributed by atoms with van der Waals surface area (Å²) in [5.41, 5.74) is 0.475. The second kappa shape index (κ2) is 9.58. The van der Waals surface area contributed by atoms with Crippen molar-refractivity contribution in [1.82, 2.24) is 24.4 Å². The summed E-state index contributed by atoms with van der Waals surface area (Å²) in [6.07, 6.45) is 2.84. The van der Waals surface area contributed by atoms with Crippen molar-refractivity contribution >= 4 is 32.9 Å². The first kappa shape index (κ1) is 25.7. The second-order valence-corrected chi connectivity index (χ2v) is 10.6. The number of hydrogen-bond donors (Lipinski definition) is 2. The highest BCUT2D eigenvalue weighted by Gasteiger charge is 2.31. The lowest BCUT2D eigenvalue weighted by Crippen LogP contribution is -2.44. The summed E-state index contributed by atoms with van der Waals surface area (Å²) in [5, 5.41) is 6.68. The van der Waals surface area contributed by atoms with Crippen molar-refractivity contribution in [1.29, 1.82) is 0 Å². The van der Waals surface area contributed by atoms with Crippen LogP contribution in [0.1, 0.15) is 29.7 Å². The van der Waals surface area contributed by atoms with Crippen LogP contribution in [-0.4, -0.2) is 40.6 Å². The molecule has 3 aromatic rings. The van der Waals surface area contributed by atoms with Gasteiger partial charge >= 0.3 is 6.18 Å². The second-order valence-electron chi connectivity index (χ2n) is 8.76. The predicted octanol–water partition coefficient (Wildman–Crippen LogP) is 3.66. The Morgan fingerprint density at radius 1 is 1.31 bits per heavy atom. The minimum absolute atomic E-state index is 0.310. The van der Waals surface area contributed by atoms with Gasteiger partial charge in [0.25, 0.3) is 15.9 Å². The molecule has 1 saturated carbocycles. The summed E-state index contributed by atoms with van der Waals surface area (Å²) >= 11 is 0. The van der Waals surface area contributed by atoms with E-state index >= 15 is 0 Å². The summed E-state index contributed by atoms with van der Waals surface area (Å²) in [6.45, 7) is 5.73. The minimum Gasteiger partial charge on any atom is -0.301 e. The van der Waals surface area contributed by atoms with E-state index in [0.29, 0.717) is 40.4 Å². The van der Waals surface area contributed by atoms with Crippen LogP contribution < -0.4 is 10.0 Å². The van der Waals surface area contributed by atoms with Crippen molar-refractivity contribution in [2.45, 2.75) is 31.3 Å². The van der Waals surface area contributed by atoms with Crippen LogP contribution in [0.25, 0.3) is 22.8 Å². The number of hydrogen-bond acceptors (Lipinski definition) is 5. The number of carbonyl (C=O) groups is 1. The third kappa shape index (κ3) is 5.39. The summed E-state index contributed by atoms with van der Waals surface area (Å²) in [5.74, 6) is -0.0213. The fourth-order valence-corrected chi connectivity index (χ4v) is 5.00. The maximum absolute atomic E-state index is 13.3. The monoisotopic (exact) mass is 521 g/mol. The lowest BCUT2D eigenvalue weighted by Gasteiger charge is -2.15. The molecule has 192 valence electrons. The van der Waals surface area contributed by atoms with Gasteiger partial charge < -0.3 is 4.57 Å². The quantitative estimate of drug-likeness (QED) is 0.331. The Hall–Kier alpha value is -3.38. The van der Waals surface area contributed by atoms with Gasteiger partial charge in [-0.3, -0.25) is 14.8 Å². The summed E-state index contributed by atoms with van der Waals surface area (Å²) in [6, 6.07) is 5.13. The molecule has 8 nitrogen and oxygen atoms in total. The zero-order valence-electron chi connectivity index (χ0n) is 19.7.